The Morgan fingerprint density at radius 2 is 2.24 bits per heavy atom. The van der Waals surface area contributed by atoms with Crippen LogP contribution in [0.5, 0.6) is 0 Å². The topological polar surface area (TPSA) is 36.4 Å². The number of alkyl halides is 1. The van der Waals surface area contributed by atoms with Crippen LogP contribution in [0.3, 0.4) is 0 Å². The molecule has 1 unspecified atom stereocenters. The zero-order chi connectivity index (χ0) is 12.6. The van der Waals surface area contributed by atoms with Gasteiger partial charge in [0, 0.05) is 23.4 Å². The molecule has 1 aromatic rings. The highest BCUT2D eigenvalue weighted by atomic mass is 32.1. The fraction of sp³-hybridized carbons (Fsp3) is 0.750. The molecule has 0 amide bonds. The van der Waals surface area contributed by atoms with Gasteiger partial charge in [0.1, 0.15) is 5.69 Å². The molecule has 2 heterocycles. The molecule has 0 spiro atoms. The first kappa shape index (κ1) is 12.9. The van der Waals surface area contributed by atoms with Gasteiger partial charge in [0.05, 0.1) is 11.6 Å². The van der Waals surface area contributed by atoms with Crippen molar-refractivity contribution in [1.29, 1.82) is 0 Å². The third-order valence-corrected chi connectivity index (χ3v) is 4.49. The Morgan fingerprint density at radius 1 is 1.53 bits per heavy atom. The van der Waals surface area contributed by atoms with Crippen molar-refractivity contribution in [2.45, 2.75) is 38.9 Å². The maximum atomic E-state index is 14.2. The fourth-order valence-corrected chi connectivity index (χ4v) is 3.06. The van der Waals surface area contributed by atoms with Crippen LogP contribution in [-0.4, -0.2) is 34.7 Å². The summed E-state index contributed by atoms with van der Waals surface area (Å²) >= 11 is 1.63. The molecule has 0 bridgehead atoms. The van der Waals surface area contributed by atoms with Crippen LogP contribution in [0.4, 0.5) is 4.39 Å². The molecule has 1 aliphatic rings. The number of hydrogen-bond acceptors (Lipinski definition) is 4. The van der Waals surface area contributed by atoms with Gasteiger partial charge >= 0.3 is 0 Å². The summed E-state index contributed by atoms with van der Waals surface area (Å²) in [5.41, 5.74) is 0.545. The molecule has 17 heavy (non-hydrogen) atoms. The van der Waals surface area contributed by atoms with Crippen LogP contribution in [0.1, 0.15) is 42.6 Å². The Labute approximate surface area is 105 Å². The zero-order valence-corrected chi connectivity index (χ0v) is 11.4. The Bertz CT molecular complexity index is 400. The maximum absolute atomic E-state index is 14.2. The fourth-order valence-electron chi connectivity index (χ4n) is 1.93. The number of fused-ring (bicyclic) bond motifs is 1. The number of nitrogens with zero attached hydrogens (tertiary/aromatic N) is 2. The lowest BCUT2D eigenvalue weighted by Gasteiger charge is -2.28. The third kappa shape index (κ3) is 2.51. The van der Waals surface area contributed by atoms with Gasteiger partial charge in [-0.1, -0.05) is 20.8 Å². The van der Waals surface area contributed by atoms with E-state index in [0.717, 1.165) is 16.3 Å². The molecule has 5 heteroatoms. The minimum atomic E-state index is -1.15. The van der Waals surface area contributed by atoms with Crippen molar-refractivity contribution in [2.24, 2.45) is 0 Å². The Hall–Kier alpha value is -0.520. The molecule has 1 atom stereocenters. The summed E-state index contributed by atoms with van der Waals surface area (Å²) < 4.78 is 14.2. The van der Waals surface area contributed by atoms with Crippen molar-refractivity contribution in [1.82, 2.24) is 9.88 Å². The van der Waals surface area contributed by atoms with Crippen LogP contribution < -0.4 is 0 Å². The molecule has 1 N–H and O–H groups in total. The van der Waals surface area contributed by atoms with Gasteiger partial charge in [-0.25, -0.2) is 9.37 Å². The van der Waals surface area contributed by atoms with E-state index in [0.29, 0.717) is 18.8 Å². The molecule has 1 aliphatic heterocycles. The van der Waals surface area contributed by atoms with Crippen molar-refractivity contribution in [3.8, 4) is 0 Å². The van der Waals surface area contributed by atoms with Gasteiger partial charge < -0.3 is 5.11 Å². The molecule has 0 fully saturated rings. The summed E-state index contributed by atoms with van der Waals surface area (Å²) in [6, 6.07) is 0. The Morgan fingerprint density at radius 3 is 2.82 bits per heavy atom. The summed E-state index contributed by atoms with van der Waals surface area (Å²) in [5.74, 6) is 0. The molecule has 0 saturated carbocycles. The van der Waals surface area contributed by atoms with Crippen LogP contribution in [0.25, 0.3) is 0 Å². The number of rotatable bonds is 2. The molecular weight excluding hydrogens is 239 g/mol. The molecule has 0 aliphatic carbocycles. The van der Waals surface area contributed by atoms with E-state index in [2.05, 4.69) is 25.8 Å². The number of hydrogen-bond donors (Lipinski definition) is 1. The van der Waals surface area contributed by atoms with Gasteiger partial charge in [-0.05, 0) is 6.42 Å². The van der Waals surface area contributed by atoms with E-state index in [1.807, 2.05) is 0 Å². The summed E-state index contributed by atoms with van der Waals surface area (Å²) in [6.07, 6.45) is -0.318. The lowest BCUT2D eigenvalue weighted by molar-refractivity contribution is 0.0524. The maximum Gasteiger partial charge on any atom is 0.197 e. The SMILES string of the molecule is CC(C)(C)c1nc2c(s1)CCN(CCO)C2F. The van der Waals surface area contributed by atoms with Crippen LogP contribution in [0, 0.1) is 0 Å². The highest BCUT2D eigenvalue weighted by molar-refractivity contribution is 7.11. The molecule has 0 radical (unpaired) electrons. The van der Waals surface area contributed by atoms with Crippen LogP contribution >= 0.6 is 11.3 Å². The van der Waals surface area contributed by atoms with Crippen molar-refractivity contribution >= 4 is 11.3 Å². The first-order valence-electron chi connectivity index (χ1n) is 5.92. The standard InChI is InChI=1S/C12H19FN2OS/c1-12(2,3)11-14-9-8(17-11)4-5-15(6-7-16)10(9)13/h10,16H,4-7H2,1-3H3. The molecule has 0 aromatic carbocycles. The third-order valence-electron chi connectivity index (χ3n) is 2.93. The second-order valence-corrected chi connectivity index (χ2v) is 6.51. The second-order valence-electron chi connectivity index (χ2n) is 5.42. The molecular formula is C12H19FN2OS. The van der Waals surface area contributed by atoms with Crippen molar-refractivity contribution in [2.75, 3.05) is 19.7 Å². The van der Waals surface area contributed by atoms with Gasteiger partial charge in [-0.2, -0.15) is 0 Å². The van der Waals surface area contributed by atoms with E-state index >= 15 is 0 Å². The lowest BCUT2D eigenvalue weighted by Crippen LogP contribution is -2.35. The number of aromatic nitrogens is 1. The summed E-state index contributed by atoms with van der Waals surface area (Å²) in [7, 11) is 0. The Balaban J connectivity index is 2.27. The van der Waals surface area contributed by atoms with Crippen molar-refractivity contribution in [3.63, 3.8) is 0 Å². The van der Waals surface area contributed by atoms with Gasteiger partial charge in [0.15, 0.2) is 6.30 Å². The minimum absolute atomic E-state index is 0.00792. The lowest BCUT2D eigenvalue weighted by atomic mass is 9.98. The van der Waals surface area contributed by atoms with Gasteiger partial charge in [-0.15, -0.1) is 11.3 Å². The predicted molar refractivity (Wildman–Crippen MR) is 67.0 cm³/mol. The van der Waals surface area contributed by atoms with E-state index in [9.17, 15) is 4.39 Å². The van der Waals surface area contributed by atoms with Crippen LogP contribution in [0.2, 0.25) is 0 Å². The number of β-amino-alcohol motifs (C(OH)–C–C–N with tert-alkyl or cyclic N) is 1. The van der Waals surface area contributed by atoms with E-state index in [4.69, 9.17) is 5.11 Å². The first-order valence-corrected chi connectivity index (χ1v) is 6.74. The van der Waals surface area contributed by atoms with Gasteiger partial charge in [-0.3, -0.25) is 4.90 Å². The number of halogens is 1. The van der Waals surface area contributed by atoms with E-state index in [1.165, 1.54) is 0 Å². The second kappa shape index (κ2) is 4.63. The molecule has 2 rings (SSSR count). The molecule has 96 valence electrons. The normalized spacial score (nSPS) is 21.6. The van der Waals surface area contributed by atoms with Crippen LogP contribution in [0.15, 0.2) is 0 Å². The summed E-state index contributed by atoms with van der Waals surface area (Å²) in [6.45, 7) is 7.32. The predicted octanol–water partition coefficient (Wildman–Crippen LogP) is 2.26. The highest BCUT2D eigenvalue weighted by Gasteiger charge is 2.32. The average Bonchev–Trinajstić information content (AvgIpc) is 2.66. The van der Waals surface area contributed by atoms with Gasteiger partial charge in [0.2, 0.25) is 0 Å². The van der Waals surface area contributed by atoms with Crippen molar-refractivity contribution in [3.05, 3.63) is 15.6 Å². The summed E-state index contributed by atoms with van der Waals surface area (Å²) in [4.78, 5) is 7.17. The largest absolute Gasteiger partial charge is 0.395 e. The smallest absolute Gasteiger partial charge is 0.197 e. The molecule has 1 aromatic heterocycles. The van der Waals surface area contributed by atoms with E-state index < -0.39 is 6.30 Å². The zero-order valence-electron chi connectivity index (χ0n) is 10.5. The number of aliphatic hydroxyl groups excluding tert-OH is 1. The summed E-state index contributed by atoms with van der Waals surface area (Å²) in [5, 5.41) is 9.89. The van der Waals surface area contributed by atoms with E-state index in [1.54, 1.807) is 16.2 Å². The van der Waals surface area contributed by atoms with E-state index in [-0.39, 0.29) is 12.0 Å². The van der Waals surface area contributed by atoms with Crippen LogP contribution in [-0.2, 0) is 11.8 Å². The Kier molecular flexibility index (Phi) is 3.52. The number of thiazole rings is 1. The highest BCUT2D eigenvalue weighted by Crippen LogP contribution is 2.37. The molecule has 0 saturated heterocycles. The average molecular weight is 258 g/mol. The quantitative estimate of drug-likeness (QED) is 0.827. The minimum Gasteiger partial charge on any atom is -0.395 e. The first-order chi connectivity index (χ1) is 7.93. The molecule has 3 nitrogen and oxygen atoms in total. The monoisotopic (exact) mass is 258 g/mol. The number of aliphatic hydroxyl groups is 1. The van der Waals surface area contributed by atoms with Gasteiger partial charge in [0.25, 0.3) is 0 Å². The van der Waals surface area contributed by atoms with Crippen molar-refractivity contribution < 1.29 is 9.50 Å².